The maximum absolute atomic E-state index is 13.2. The molecule has 7 nitrogen and oxygen atoms in total. The molecule has 1 fully saturated rings. The molecule has 1 saturated carbocycles. The zero-order valence-electron chi connectivity index (χ0n) is 20.7. The number of carbonyl (C=O) groups excluding carboxylic acids is 2. The number of hydrogen-bond donors (Lipinski definition) is 3. The third-order valence-electron chi connectivity index (χ3n) is 6.56. The maximum atomic E-state index is 13.2. The van der Waals surface area contributed by atoms with Crippen LogP contribution in [-0.4, -0.2) is 59.9 Å². The first-order valence-electron chi connectivity index (χ1n) is 12.1. The van der Waals surface area contributed by atoms with Gasteiger partial charge in [0.15, 0.2) is 0 Å². The number of hydrogen-bond acceptors (Lipinski definition) is 4. The predicted octanol–water partition coefficient (Wildman–Crippen LogP) is 4.18. The Kier molecular flexibility index (Phi) is 6.03. The number of nitrogens with zero attached hydrogens (tertiary/aromatic N) is 2. The number of benzene rings is 2. The van der Waals surface area contributed by atoms with E-state index in [2.05, 4.69) is 26.7 Å². The van der Waals surface area contributed by atoms with E-state index in [1.54, 1.807) is 0 Å². The lowest BCUT2D eigenvalue weighted by Gasteiger charge is -2.15. The Morgan fingerprint density at radius 3 is 2.66 bits per heavy atom. The van der Waals surface area contributed by atoms with Crippen molar-refractivity contribution in [2.24, 2.45) is 0 Å². The van der Waals surface area contributed by atoms with Crippen LogP contribution in [0.25, 0.3) is 33.1 Å². The molecule has 5 rings (SSSR count). The molecule has 4 aromatic rings. The van der Waals surface area contributed by atoms with Gasteiger partial charge in [0.05, 0.1) is 5.52 Å². The van der Waals surface area contributed by atoms with Gasteiger partial charge < -0.3 is 20.5 Å². The van der Waals surface area contributed by atoms with E-state index in [1.165, 1.54) is 0 Å². The van der Waals surface area contributed by atoms with Gasteiger partial charge >= 0.3 is 0 Å². The minimum absolute atomic E-state index is 0.0594. The summed E-state index contributed by atoms with van der Waals surface area (Å²) in [5.74, 6) is -0.172. The number of nitrogens with one attached hydrogen (secondary N) is 3. The summed E-state index contributed by atoms with van der Waals surface area (Å²) in [6.45, 7) is 5.30. The molecule has 1 aliphatic rings. The van der Waals surface area contributed by atoms with Crippen LogP contribution in [0.15, 0.2) is 42.6 Å². The first kappa shape index (κ1) is 23.1. The fourth-order valence-corrected chi connectivity index (χ4v) is 4.47. The topological polar surface area (TPSA) is 90.1 Å². The molecule has 3 N–H and O–H groups in total. The molecule has 7 heteroatoms. The van der Waals surface area contributed by atoms with Crippen molar-refractivity contribution in [3.8, 4) is 11.1 Å². The first-order valence-corrected chi connectivity index (χ1v) is 12.1. The first-order chi connectivity index (χ1) is 16.8. The van der Waals surface area contributed by atoms with Crippen LogP contribution in [-0.2, 0) is 0 Å². The van der Waals surface area contributed by atoms with E-state index in [4.69, 9.17) is 0 Å². The normalized spacial score (nSPS) is 13.5. The second kappa shape index (κ2) is 9.15. The van der Waals surface area contributed by atoms with Gasteiger partial charge in [-0.1, -0.05) is 12.1 Å². The van der Waals surface area contributed by atoms with E-state index in [0.29, 0.717) is 17.7 Å². The smallest absolute Gasteiger partial charge is 0.251 e. The molecule has 0 aliphatic heterocycles. The van der Waals surface area contributed by atoms with Gasteiger partial charge in [-0.3, -0.25) is 9.59 Å². The standard InChI is InChI=1S/C28H31N5O2/c1-16-12-23-24-22(18-6-5-7-19(13-18)27(34)31-20-8-9-20)14-21(28(35)29-10-11-33(3)4)17(2)25(24)32-26(23)30-15-16/h5-7,12-15,20H,8-11H2,1-4H3,(H,29,35)(H,30,32)(H,31,34). The van der Waals surface area contributed by atoms with Crippen molar-refractivity contribution in [3.63, 3.8) is 0 Å². The summed E-state index contributed by atoms with van der Waals surface area (Å²) >= 11 is 0. The van der Waals surface area contributed by atoms with Crippen molar-refractivity contribution in [1.82, 2.24) is 25.5 Å². The summed E-state index contributed by atoms with van der Waals surface area (Å²) in [7, 11) is 3.96. The number of fused-ring (bicyclic) bond motifs is 3. The molecule has 0 atom stereocenters. The van der Waals surface area contributed by atoms with E-state index in [-0.39, 0.29) is 17.9 Å². The minimum Gasteiger partial charge on any atom is -0.351 e. The van der Waals surface area contributed by atoms with Gasteiger partial charge in [-0.15, -0.1) is 0 Å². The molecule has 0 unspecified atom stereocenters. The summed E-state index contributed by atoms with van der Waals surface area (Å²) in [5, 5.41) is 8.12. The zero-order valence-corrected chi connectivity index (χ0v) is 20.7. The molecule has 0 bridgehead atoms. The molecule has 2 amide bonds. The summed E-state index contributed by atoms with van der Waals surface area (Å²) in [6, 6.07) is 12.0. The van der Waals surface area contributed by atoms with Crippen LogP contribution in [0, 0.1) is 13.8 Å². The quantitative estimate of drug-likeness (QED) is 0.379. The summed E-state index contributed by atoms with van der Waals surface area (Å²) in [6.07, 6.45) is 3.92. The maximum Gasteiger partial charge on any atom is 0.251 e. The molecule has 180 valence electrons. The molecule has 2 heterocycles. The molecule has 35 heavy (non-hydrogen) atoms. The highest BCUT2D eigenvalue weighted by atomic mass is 16.2. The van der Waals surface area contributed by atoms with Gasteiger partial charge in [-0.25, -0.2) is 4.98 Å². The van der Waals surface area contributed by atoms with Crippen molar-refractivity contribution in [2.75, 3.05) is 27.2 Å². The number of likely N-dealkylation sites (N-methyl/N-ethyl adjacent to an activating group) is 1. The highest BCUT2D eigenvalue weighted by Crippen LogP contribution is 2.38. The van der Waals surface area contributed by atoms with Crippen LogP contribution in [0.3, 0.4) is 0 Å². The zero-order chi connectivity index (χ0) is 24.7. The van der Waals surface area contributed by atoms with E-state index >= 15 is 0 Å². The van der Waals surface area contributed by atoms with E-state index in [0.717, 1.165) is 63.6 Å². The van der Waals surface area contributed by atoms with Gasteiger partial charge in [-0.05, 0) is 87.3 Å². The van der Waals surface area contributed by atoms with E-state index < -0.39 is 0 Å². The largest absolute Gasteiger partial charge is 0.351 e. The van der Waals surface area contributed by atoms with Gasteiger partial charge in [0.2, 0.25) is 0 Å². The predicted molar refractivity (Wildman–Crippen MR) is 140 cm³/mol. The monoisotopic (exact) mass is 469 g/mol. The van der Waals surface area contributed by atoms with Crippen molar-refractivity contribution in [1.29, 1.82) is 0 Å². The molecule has 2 aromatic heterocycles. The van der Waals surface area contributed by atoms with Crippen LogP contribution in [0.5, 0.6) is 0 Å². The fraction of sp³-hybridized carbons (Fsp3) is 0.321. The number of pyridine rings is 1. The second-order valence-electron chi connectivity index (χ2n) is 9.77. The lowest BCUT2D eigenvalue weighted by atomic mass is 9.92. The highest BCUT2D eigenvalue weighted by molar-refractivity contribution is 6.17. The minimum atomic E-state index is -0.113. The summed E-state index contributed by atoms with van der Waals surface area (Å²) < 4.78 is 0. The van der Waals surface area contributed by atoms with Crippen LogP contribution in [0.2, 0.25) is 0 Å². The van der Waals surface area contributed by atoms with Crippen LogP contribution < -0.4 is 10.6 Å². The number of H-pyrrole nitrogens is 1. The third kappa shape index (κ3) is 4.64. The molecule has 2 aromatic carbocycles. The van der Waals surface area contributed by atoms with Gasteiger partial charge in [0.1, 0.15) is 5.65 Å². The molecule has 0 spiro atoms. The average molecular weight is 470 g/mol. The molecular formula is C28H31N5O2. The lowest BCUT2D eigenvalue weighted by molar-refractivity contribution is 0.0942. The number of aromatic nitrogens is 2. The van der Waals surface area contributed by atoms with Crippen molar-refractivity contribution in [2.45, 2.75) is 32.7 Å². The lowest BCUT2D eigenvalue weighted by Crippen LogP contribution is -2.31. The third-order valence-corrected chi connectivity index (χ3v) is 6.56. The highest BCUT2D eigenvalue weighted by Gasteiger charge is 2.24. The SMILES string of the molecule is Cc1cnc2[nH]c3c(C)c(C(=O)NCCN(C)C)cc(-c4cccc(C(=O)NC5CC5)c4)c3c2c1. The Balaban J connectivity index is 1.67. The molecule has 0 radical (unpaired) electrons. The molecule has 0 saturated heterocycles. The summed E-state index contributed by atoms with van der Waals surface area (Å²) in [5.41, 5.74) is 6.64. The second-order valence-corrected chi connectivity index (χ2v) is 9.77. The average Bonchev–Trinajstić information content (AvgIpc) is 3.57. The Hall–Kier alpha value is -3.71. The van der Waals surface area contributed by atoms with Crippen LogP contribution in [0.4, 0.5) is 0 Å². The molecule has 1 aliphatic carbocycles. The Labute approximate surface area is 204 Å². The number of aryl methyl sites for hydroxylation is 2. The number of carbonyl (C=O) groups is 2. The Bertz CT molecular complexity index is 1450. The van der Waals surface area contributed by atoms with Crippen molar-refractivity contribution < 1.29 is 9.59 Å². The number of amides is 2. The number of rotatable bonds is 7. The Morgan fingerprint density at radius 1 is 1.11 bits per heavy atom. The Morgan fingerprint density at radius 2 is 1.91 bits per heavy atom. The molecular weight excluding hydrogens is 438 g/mol. The number of aromatic amines is 1. The fourth-order valence-electron chi connectivity index (χ4n) is 4.47. The van der Waals surface area contributed by atoms with Crippen molar-refractivity contribution >= 4 is 33.8 Å². The van der Waals surface area contributed by atoms with Gasteiger partial charge in [0, 0.05) is 47.2 Å². The van der Waals surface area contributed by atoms with Gasteiger partial charge in [-0.2, -0.15) is 0 Å². The van der Waals surface area contributed by atoms with Crippen molar-refractivity contribution in [3.05, 3.63) is 64.8 Å². The van der Waals surface area contributed by atoms with Crippen LogP contribution in [0.1, 0.15) is 44.7 Å². The van der Waals surface area contributed by atoms with Crippen LogP contribution >= 0.6 is 0 Å². The van der Waals surface area contributed by atoms with Gasteiger partial charge in [0.25, 0.3) is 11.8 Å². The summed E-state index contributed by atoms with van der Waals surface area (Å²) in [4.78, 5) is 36.1. The van der Waals surface area contributed by atoms with E-state index in [9.17, 15) is 9.59 Å². The van der Waals surface area contributed by atoms with E-state index in [1.807, 2.05) is 69.4 Å².